The quantitative estimate of drug-likeness (QED) is 0.664. The first kappa shape index (κ1) is 15.2. The van der Waals surface area contributed by atoms with Crippen molar-refractivity contribution in [2.75, 3.05) is 5.73 Å². The lowest BCUT2D eigenvalue weighted by Gasteiger charge is -2.15. The van der Waals surface area contributed by atoms with Crippen molar-refractivity contribution >= 4 is 11.5 Å². The molecule has 2 nitrogen and oxygen atoms in total. The minimum Gasteiger partial charge on any atom is -0.399 e. The van der Waals surface area contributed by atoms with Crippen LogP contribution in [0.25, 0.3) is 0 Å². The lowest BCUT2D eigenvalue weighted by Crippen LogP contribution is -2.12. The van der Waals surface area contributed by atoms with Gasteiger partial charge in [-0.25, -0.2) is 4.39 Å². The molecule has 0 heterocycles. The third-order valence-corrected chi connectivity index (χ3v) is 4.11. The van der Waals surface area contributed by atoms with Gasteiger partial charge >= 0.3 is 0 Å². The van der Waals surface area contributed by atoms with E-state index in [1.807, 2.05) is 33.8 Å². The van der Waals surface area contributed by atoms with Gasteiger partial charge in [0.1, 0.15) is 5.82 Å². The molecule has 0 amide bonds. The number of anilines is 1. The zero-order valence-corrected chi connectivity index (χ0v) is 13.1. The molecule has 0 saturated carbocycles. The van der Waals surface area contributed by atoms with Gasteiger partial charge in [0.25, 0.3) is 0 Å². The van der Waals surface area contributed by atoms with E-state index in [1.165, 1.54) is 12.1 Å². The van der Waals surface area contributed by atoms with Crippen LogP contribution in [0.15, 0.2) is 18.2 Å². The molecule has 3 heteroatoms. The van der Waals surface area contributed by atoms with E-state index in [-0.39, 0.29) is 11.3 Å². The number of nitrogens with two attached hydrogens (primary N) is 1. The van der Waals surface area contributed by atoms with E-state index in [4.69, 9.17) is 5.73 Å². The topological polar surface area (TPSA) is 43.1 Å². The van der Waals surface area contributed by atoms with E-state index in [0.29, 0.717) is 16.8 Å². The van der Waals surface area contributed by atoms with Gasteiger partial charge in [0.2, 0.25) is 0 Å². The summed E-state index contributed by atoms with van der Waals surface area (Å²) in [4.78, 5) is 12.8. The summed E-state index contributed by atoms with van der Waals surface area (Å²) in [6, 6.07) is 5.00. The summed E-state index contributed by atoms with van der Waals surface area (Å²) in [6.45, 7) is 9.32. The SMILES string of the molecule is Cc1cc(C)c(C)c(C(=O)c2cc(N)cc(C)c2F)c1C. The summed E-state index contributed by atoms with van der Waals surface area (Å²) in [6.07, 6.45) is 0. The smallest absolute Gasteiger partial charge is 0.196 e. The highest BCUT2D eigenvalue weighted by Gasteiger charge is 2.21. The Morgan fingerprint density at radius 2 is 1.43 bits per heavy atom. The Balaban J connectivity index is 2.72. The van der Waals surface area contributed by atoms with E-state index >= 15 is 0 Å². The number of hydrogen-bond acceptors (Lipinski definition) is 2. The van der Waals surface area contributed by atoms with Crippen molar-refractivity contribution in [1.82, 2.24) is 0 Å². The predicted molar refractivity (Wildman–Crippen MR) is 84.4 cm³/mol. The molecule has 0 aliphatic carbocycles. The standard InChI is InChI=1S/C18H20FNO/c1-9-6-10(2)13(5)16(12(9)4)18(21)15-8-14(20)7-11(3)17(15)19/h6-8H,20H2,1-5H3. The minimum absolute atomic E-state index is 0.0451. The molecule has 2 aromatic carbocycles. The molecular formula is C18H20FNO. The van der Waals surface area contributed by atoms with Gasteiger partial charge in [-0.15, -0.1) is 0 Å². The molecule has 2 aromatic rings. The van der Waals surface area contributed by atoms with Crippen molar-refractivity contribution < 1.29 is 9.18 Å². The van der Waals surface area contributed by atoms with Gasteiger partial charge in [-0.3, -0.25) is 4.79 Å². The number of aryl methyl sites for hydroxylation is 3. The van der Waals surface area contributed by atoms with Crippen molar-refractivity contribution in [2.24, 2.45) is 0 Å². The molecule has 0 aliphatic heterocycles. The molecule has 0 radical (unpaired) electrons. The highest BCUT2D eigenvalue weighted by atomic mass is 19.1. The lowest BCUT2D eigenvalue weighted by molar-refractivity contribution is 0.103. The fourth-order valence-electron chi connectivity index (χ4n) is 2.65. The van der Waals surface area contributed by atoms with Crippen LogP contribution in [-0.2, 0) is 0 Å². The molecule has 0 fully saturated rings. The van der Waals surface area contributed by atoms with E-state index in [9.17, 15) is 9.18 Å². The molecule has 2 rings (SSSR count). The number of carbonyl (C=O) groups excluding carboxylic acids is 1. The minimum atomic E-state index is -0.493. The maximum Gasteiger partial charge on any atom is 0.196 e. The second kappa shape index (κ2) is 5.32. The first-order valence-electron chi connectivity index (χ1n) is 6.91. The van der Waals surface area contributed by atoms with Crippen LogP contribution in [0.1, 0.15) is 43.7 Å². The summed E-state index contributed by atoms with van der Waals surface area (Å²) in [5.74, 6) is -0.795. The second-order valence-electron chi connectivity index (χ2n) is 5.66. The molecule has 0 spiro atoms. The first-order chi connectivity index (χ1) is 9.73. The molecule has 2 N–H and O–H groups in total. The summed E-state index contributed by atoms with van der Waals surface area (Å²) < 4.78 is 14.3. The third-order valence-electron chi connectivity index (χ3n) is 4.11. The monoisotopic (exact) mass is 285 g/mol. The number of ketones is 1. The number of benzene rings is 2. The van der Waals surface area contributed by atoms with Gasteiger partial charge in [-0.2, -0.15) is 0 Å². The average Bonchev–Trinajstić information content (AvgIpc) is 2.40. The number of rotatable bonds is 2. The van der Waals surface area contributed by atoms with Gasteiger partial charge in [-0.05, 0) is 74.6 Å². The van der Waals surface area contributed by atoms with Crippen LogP contribution in [0, 0.1) is 40.4 Å². The fourth-order valence-corrected chi connectivity index (χ4v) is 2.65. The van der Waals surface area contributed by atoms with E-state index in [0.717, 1.165) is 22.3 Å². The van der Waals surface area contributed by atoms with Gasteiger partial charge in [0, 0.05) is 11.3 Å². The van der Waals surface area contributed by atoms with Crippen molar-refractivity contribution in [3.05, 3.63) is 63.0 Å². The van der Waals surface area contributed by atoms with Crippen LogP contribution in [0.5, 0.6) is 0 Å². The van der Waals surface area contributed by atoms with Crippen LogP contribution in [-0.4, -0.2) is 5.78 Å². The van der Waals surface area contributed by atoms with Crippen molar-refractivity contribution in [3.8, 4) is 0 Å². The molecule has 0 aromatic heterocycles. The predicted octanol–water partition coefficient (Wildman–Crippen LogP) is 4.18. The fraction of sp³-hybridized carbons (Fsp3) is 0.278. The zero-order chi connectivity index (χ0) is 15.9. The van der Waals surface area contributed by atoms with Gasteiger partial charge in [-0.1, -0.05) is 6.07 Å². The Morgan fingerprint density at radius 3 is 1.95 bits per heavy atom. The van der Waals surface area contributed by atoms with Gasteiger partial charge in [0.05, 0.1) is 5.56 Å². The largest absolute Gasteiger partial charge is 0.399 e. The molecule has 110 valence electrons. The van der Waals surface area contributed by atoms with Crippen LogP contribution >= 0.6 is 0 Å². The number of nitrogen functional groups attached to an aromatic ring is 1. The summed E-state index contributed by atoms with van der Waals surface area (Å²) >= 11 is 0. The van der Waals surface area contributed by atoms with Crippen molar-refractivity contribution in [1.29, 1.82) is 0 Å². The Kier molecular flexibility index (Phi) is 3.86. The summed E-state index contributed by atoms with van der Waals surface area (Å²) in [7, 11) is 0. The Hall–Kier alpha value is -2.16. The maximum absolute atomic E-state index is 14.3. The molecule has 0 bridgehead atoms. The number of hydrogen-bond donors (Lipinski definition) is 1. The maximum atomic E-state index is 14.3. The molecule has 0 saturated heterocycles. The van der Waals surface area contributed by atoms with E-state index in [2.05, 4.69) is 0 Å². The van der Waals surface area contributed by atoms with Crippen LogP contribution in [0.3, 0.4) is 0 Å². The van der Waals surface area contributed by atoms with Crippen LogP contribution < -0.4 is 5.73 Å². The third kappa shape index (κ3) is 2.56. The zero-order valence-electron chi connectivity index (χ0n) is 13.1. The molecule has 0 aliphatic rings. The van der Waals surface area contributed by atoms with Gasteiger partial charge < -0.3 is 5.73 Å². The Labute approximate surface area is 124 Å². The molecule has 0 atom stereocenters. The highest BCUT2D eigenvalue weighted by Crippen LogP contribution is 2.27. The van der Waals surface area contributed by atoms with Crippen molar-refractivity contribution in [3.63, 3.8) is 0 Å². The van der Waals surface area contributed by atoms with E-state index < -0.39 is 5.82 Å². The lowest BCUT2D eigenvalue weighted by atomic mass is 9.88. The normalized spacial score (nSPS) is 10.8. The van der Waals surface area contributed by atoms with E-state index in [1.54, 1.807) is 6.92 Å². The Morgan fingerprint density at radius 1 is 0.905 bits per heavy atom. The molecule has 0 unspecified atom stereocenters. The number of halogens is 1. The highest BCUT2D eigenvalue weighted by molar-refractivity contribution is 6.11. The first-order valence-corrected chi connectivity index (χ1v) is 6.91. The second-order valence-corrected chi connectivity index (χ2v) is 5.66. The summed E-state index contributed by atoms with van der Waals surface area (Å²) in [5.41, 5.74) is 11.0. The Bertz CT molecular complexity index is 721. The summed E-state index contributed by atoms with van der Waals surface area (Å²) in [5, 5.41) is 0. The molecular weight excluding hydrogens is 265 g/mol. The van der Waals surface area contributed by atoms with Crippen molar-refractivity contribution in [2.45, 2.75) is 34.6 Å². The van der Waals surface area contributed by atoms with Gasteiger partial charge in [0.15, 0.2) is 5.78 Å². The number of carbonyl (C=O) groups is 1. The van der Waals surface area contributed by atoms with Crippen LogP contribution in [0.2, 0.25) is 0 Å². The average molecular weight is 285 g/mol. The molecule has 21 heavy (non-hydrogen) atoms. The van der Waals surface area contributed by atoms with Crippen LogP contribution in [0.4, 0.5) is 10.1 Å².